The summed E-state index contributed by atoms with van der Waals surface area (Å²) in [5, 5.41) is 5.65. The zero-order valence-corrected chi connectivity index (χ0v) is 20.3. The van der Waals surface area contributed by atoms with Crippen LogP contribution in [0.3, 0.4) is 0 Å². The average molecular weight is 494 g/mol. The van der Waals surface area contributed by atoms with E-state index in [-0.39, 0.29) is 18.9 Å². The summed E-state index contributed by atoms with van der Waals surface area (Å²) in [7, 11) is -3.57. The third-order valence-corrected chi connectivity index (χ3v) is 6.84. The maximum absolute atomic E-state index is 13.2. The molecule has 1 aliphatic heterocycles. The van der Waals surface area contributed by atoms with Gasteiger partial charge in [0.2, 0.25) is 10.0 Å². The quantitative estimate of drug-likeness (QED) is 0.547. The van der Waals surface area contributed by atoms with E-state index in [2.05, 4.69) is 10.6 Å². The zero-order valence-electron chi connectivity index (χ0n) is 19.5. The van der Waals surface area contributed by atoms with Crippen LogP contribution in [0.25, 0.3) is 0 Å². The van der Waals surface area contributed by atoms with Gasteiger partial charge >= 0.3 is 0 Å². The van der Waals surface area contributed by atoms with Crippen molar-refractivity contribution in [2.45, 2.75) is 26.0 Å². The number of rotatable bonds is 6. The Kier molecular flexibility index (Phi) is 7.07. The van der Waals surface area contributed by atoms with E-state index < -0.39 is 22.0 Å². The van der Waals surface area contributed by atoms with Crippen molar-refractivity contribution in [3.05, 3.63) is 89.5 Å². The van der Waals surface area contributed by atoms with E-state index in [0.29, 0.717) is 29.2 Å². The molecule has 0 radical (unpaired) electrons. The molecule has 2 N–H and O–H groups in total. The summed E-state index contributed by atoms with van der Waals surface area (Å²) in [5.74, 6) is -0.474. The van der Waals surface area contributed by atoms with Gasteiger partial charge in [-0.05, 0) is 42.3 Å². The number of carbonyl (C=O) groups is 2. The lowest BCUT2D eigenvalue weighted by Crippen LogP contribution is -2.36. The van der Waals surface area contributed by atoms with Crippen molar-refractivity contribution < 1.29 is 22.7 Å². The fraction of sp³-hybridized carbons (Fsp3) is 0.231. The highest BCUT2D eigenvalue weighted by Crippen LogP contribution is 2.35. The van der Waals surface area contributed by atoms with Crippen molar-refractivity contribution >= 4 is 33.2 Å². The van der Waals surface area contributed by atoms with Gasteiger partial charge < -0.3 is 15.4 Å². The van der Waals surface area contributed by atoms with Crippen LogP contribution in [0.4, 0.5) is 11.4 Å². The Hall–Kier alpha value is -3.85. The summed E-state index contributed by atoms with van der Waals surface area (Å²) in [5.41, 5.74) is 2.90. The van der Waals surface area contributed by atoms with E-state index in [9.17, 15) is 18.0 Å². The van der Waals surface area contributed by atoms with Gasteiger partial charge in [-0.3, -0.25) is 13.9 Å². The summed E-state index contributed by atoms with van der Waals surface area (Å²) < 4.78 is 32.0. The van der Waals surface area contributed by atoms with Crippen molar-refractivity contribution in [3.63, 3.8) is 0 Å². The van der Waals surface area contributed by atoms with Crippen LogP contribution in [0, 0.1) is 6.92 Å². The third kappa shape index (κ3) is 5.81. The smallest absolute Gasteiger partial charge is 0.265 e. The lowest BCUT2D eigenvalue weighted by atomic mass is 10.1. The number of nitrogens with one attached hydrogen (secondary N) is 2. The summed E-state index contributed by atoms with van der Waals surface area (Å²) in [6.07, 6.45) is 0.336. The Balaban J connectivity index is 1.51. The van der Waals surface area contributed by atoms with E-state index in [1.54, 1.807) is 42.5 Å². The molecular weight excluding hydrogens is 466 g/mol. The molecule has 9 heteroatoms. The number of para-hydroxylation sites is 1. The largest absolute Gasteiger partial charge is 0.478 e. The molecule has 1 atom stereocenters. The number of ether oxygens (including phenoxy) is 1. The number of benzene rings is 3. The second-order valence-corrected chi connectivity index (χ2v) is 10.3. The Labute approximate surface area is 205 Å². The van der Waals surface area contributed by atoms with Crippen LogP contribution in [-0.4, -0.2) is 39.1 Å². The van der Waals surface area contributed by atoms with Crippen molar-refractivity contribution in [2.24, 2.45) is 0 Å². The topological polar surface area (TPSA) is 105 Å². The van der Waals surface area contributed by atoms with Gasteiger partial charge in [0.1, 0.15) is 5.75 Å². The molecule has 3 aromatic carbocycles. The molecule has 0 bridgehead atoms. The monoisotopic (exact) mass is 493 g/mol. The van der Waals surface area contributed by atoms with Gasteiger partial charge in [-0.25, -0.2) is 8.42 Å². The number of nitrogens with zero attached hydrogens (tertiary/aromatic N) is 1. The predicted molar refractivity (Wildman–Crippen MR) is 135 cm³/mol. The van der Waals surface area contributed by atoms with E-state index in [1.807, 2.05) is 37.3 Å². The maximum atomic E-state index is 13.2. The van der Waals surface area contributed by atoms with E-state index in [0.717, 1.165) is 17.4 Å². The van der Waals surface area contributed by atoms with Crippen molar-refractivity contribution in [3.8, 4) is 5.75 Å². The molecule has 0 saturated carbocycles. The number of fused-ring (bicyclic) bond motifs is 1. The Morgan fingerprint density at radius 3 is 2.49 bits per heavy atom. The Bertz CT molecular complexity index is 1340. The molecule has 0 aromatic heterocycles. The Morgan fingerprint density at radius 2 is 1.74 bits per heavy atom. The molecule has 2 amide bonds. The highest BCUT2D eigenvalue weighted by Gasteiger charge is 2.31. The molecule has 35 heavy (non-hydrogen) atoms. The second-order valence-electron chi connectivity index (χ2n) is 8.40. The SMILES string of the molecule is Cc1ccc2c(c1)N(S(C)(=O)=O)CC[C@H](C(=O)Nc1ccccc1C(=O)NCc1ccccc1)O2. The van der Waals surface area contributed by atoms with Crippen LogP contribution in [-0.2, 0) is 21.4 Å². The van der Waals surface area contributed by atoms with Gasteiger partial charge in [-0.1, -0.05) is 48.5 Å². The highest BCUT2D eigenvalue weighted by atomic mass is 32.2. The third-order valence-electron chi connectivity index (χ3n) is 5.66. The van der Waals surface area contributed by atoms with E-state index >= 15 is 0 Å². The molecule has 4 rings (SSSR count). The minimum absolute atomic E-state index is 0.0899. The normalized spacial score (nSPS) is 15.4. The molecule has 1 heterocycles. The van der Waals surface area contributed by atoms with E-state index in [4.69, 9.17) is 4.74 Å². The van der Waals surface area contributed by atoms with Gasteiger partial charge in [-0.2, -0.15) is 0 Å². The number of carbonyl (C=O) groups excluding carboxylic acids is 2. The first kappa shape index (κ1) is 24.3. The van der Waals surface area contributed by atoms with Crippen LogP contribution in [0.5, 0.6) is 5.75 Å². The fourth-order valence-electron chi connectivity index (χ4n) is 3.89. The molecular formula is C26H27N3O5S. The first-order valence-electron chi connectivity index (χ1n) is 11.2. The summed E-state index contributed by atoms with van der Waals surface area (Å²) in [6.45, 7) is 2.30. The standard InChI is InChI=1S/C26H27N3O5S/c1-18-12-13-23-22(16-18)29(35(2,32)33)15-14-24(34-23)26(31)28-21-11-7-6-10-20(21)25(30)27-17-19-8-4-3-5-9-19/h3-13,16,24H,14-15,17H2,1-2H3,(H,27,30)(H,28,31)/t24-/m1/s1. The molecule has 3 aromatic rings. The number of hydrogen-bond donors (Lipinski definition) is 2. The second kappa shape index (κ2) is 10.2. The van der Waals surface area contributed by atoms with Crippen LogP contribution in [0.15, 0.2) is 72.8 Å². The number of aryl methyl sites for hydroxylation is 1. The summed E-state index contributed by atoms with van der Waals surface area (Å²) in [6, 6.07) is 21.4. The lowest BCUT2D eigenvalue weighted by Gasteiger charge is -2.21. The molecule has 0 fully saturated rings. The van der Waals surface area contributed by atoms with Crippen molar-refractivity contribution in [1.29, 1.82) is 0 Å². The highest BCUT2D eigenvalue weighted by molar-refractivity contribution is 7.92. The van der Waals surface area contributed by atoms with Crippen LogP contribution in [0.1, 0.15) is 27.9 Å². The molecule has 1 aliphatic rings. The first-order valence-corrected chi connectivity index (χ1v) is 13.0. The molecule has 182 valence electrons. The summed E-state index contributed by atoms with van der Waals surface area (Å²) >= 11 is 0. The maximum Gasteiger partial charge on any atom is 0.265 e. The van der Waals surface area contributed by atoms with Crippen LogP contribution >= 0.6 is 0 Å². The number of amides is 2. The lowest BCUT2D eigenvalue weighted by molar-refractivity contribution is -0.122. The average Bonchev–Trinajstić information content (AvgIpc) is 3.03. The minimum Gasteiger partial charge on any atom is -0.478 e. The van der Waals surface area contributed by atoms with Gasteiger partial charge in [0.25, 0.3) is 11.8 Å². The predicted octanol–water partition coefficient (Wildman–Crippen LogP) is 3.48. The van der Waals surface area contributed by atoms with Crippen molar-refractivity contribution in [1.82, 2.24) is 5.32 Å². The minimum atomic E-state index is -3.57. The van der Waals surface area contributed by atoms with Gasteiger partial charge in [-0.15, -0.1) is 0 Å². The number of anilines is 2. The summed E-state index contributed by atoms with van der Waals surface area (Å²) in [4.78, 5) is 26.0. The molecule has 0 spiro atoms. The molecule has 0 aliphatic carbocycles. The van der Waals surface area contributed by atoms with Crippen molar-refractivity contribution in [2.75, 3.05) is 22.4 Å². The Morgan fingerprint density at radius 1 is 1.03 bits per heavy atom. The van der Waals surface area contributed by atoms with E-state index in [1.165, 1.54) is 4.31 Å². The van der Waals surface area contributed by atoms with Crippen LogP contribution < -0.4 is 19.7 Å². The number of hydrogen-bond acceptors (Lipinski definition) is 5. The molecule has 0 saturated heterocycles. The fourth-order valence-corrected chi connectivity index (χ4v) is 4.83. The van der Waals surface area contributed by atoms with Gasteiger partial charge in [0.15, 0.2) is 6.10 Å². The zero-order chi connectivity index (χ0) is 25.0. The number of sulfonamides is 1. The van der Waals surface area contributed by atoms with Crippen LogP contribution in [0.2, 0.25) is 0 Å². The molecule has 0 unspecified atom stereocenters. The van der Waals surface area contributed by atoms with Gasteiger partial charge in [0.05, 0.1) is 23.2 Å². The molecule has 8 nitrogen and oxygen atoms in total. The van der Waals surface area contributed by atoms with Gasteiger partial charge in [0, 0.05) is 19.5 Å². The first-order chi connectivity index (χ1) is 16.7.